The molecule has 1 N–H and O–H groups in total. The van der Waals surface area contributed by atoms with E-state index < -0.39 is 0 Å². The van der Waals surface area contributed by atoms with Crippen LogP contribution in [0.4, 0.5) is 0 Å². The molecule has 0 saturated heterocycles. The number of nitrogens with zero attached hydrogens (tertiary/aromatic N) is 4. The van der Waals surface area contributed by atoms with Crippen LogP contribution in [-0.2, 0) is 6.54 Å². The summed E-state index contributed by atoms with van der Waals surface area (Å²) in [7, 11) is 0. The molecule has 0 spiro atoms. The Morgan fingerprint density at radius 1 is 0.963 bits per heavy atom. The summed E-state index contributed by atoms with van der Waals surface area (Å²) < 4.78 is 3.87. The predicted molar refractivity (Wildman–Crippen MR) is 107 cm³/mol. The van der Waals surface area contributed by atoms with Gasteiger partial charge < -0.3 is 5.32 Å². The Hall–Kier alpha value is -3.18. The molecule has 0 aliphatic rings. The van der Waals surface area contributed by atoms with Crippen LogP contribution in [0.2, 0.25) is 0 Å². The normalized spacial score (nSPS) is 12.2. The van der Waals surface area contributed by atoms with Crippen LogP contribution < -0.4 is 5.32 Å². The number of aromatic nitrogens is 4. The minimum atomic E-state index is 0.204. The van der Waals surface area contributed by atoms with Crippen LogP contribution in [-0.4, -0.2) is 19.6 Å². The predicted octanol–water partition coefficient (Wildman–Crippen LogP) is 4.22. The van der Waals surface area contributed by atoms with Gasteiger partial charge in [0.2, 0.25) is 0 Å². The highest BCUT2D eigenvalue weighted by Gasteiger charge is 2.14. The Labute approximate surface area is 159 Å². The SMILES string of the molecule is Cc1c(C(C)NCc2cccc(-n3cccn3)c2)cnn1-c1ccccc1. The van der Waals surface area contributed by atoms with E-state index >= 15 is 0 Å². The molecule has 0 aliphatic carbocycles. The fraction of sp³-hybridized carbons (Fsp3) is 0.182. The zero-order valence-electron chi connectivity index (χ0n) is 15.6. The van der Waals surface area contributed by atoms with E-state index in [0.29, 0.717) is 0 Å². The summed E-state index contributed by atoms with van der Waals surface area (Å²) in [5.74, 6) is 0. The summed E-state index contributed by atoms with van der Waals surface area (Å²) in [6.45, 7) is 5.08. The van der Waals surface area contributed by atoms with Gasteiger partial charge in [0.25, 0.3) is 0 Å². The number of hydrogen-bond acceptors (Lipinski definition) is 3. The smallest absolute Gasteiger partial charge is 0.0648 e. The van der Waals surface area contributed by atoms with Gasteiger partial charge in [0.05, 0.1) is 17.6 Å². The first-order valence-corrected chi connectivity index (χ1v) is 9.14. The first-order valence-electron chi connectivity index (χ1n) is 9.14. The summed E-state index contributed by atoms with van der Waals surface area (Å²) in [5.41, 5.74) is 5.75. The molecule has 0 aliphatic heterocycles. The summed E-state index contributed by atoms with van der Waals surface area (Å²) in [6.07, 6.45) is 5.71. The lowest BCUT2D eigenvalue weighted by Crippen LogP contribution is -2.18. The largest absolute Gasteiger partial charge is 0.306 e. The van der Waals surface area contributed by atoms with Gasteiger partial charge in [0.15, 0.2) is 0 Å². The van der Waals surface area contributed by atoms with Crippen LogP contribution in [0.5, 0.6) is 0 Å². The molecule has 0 saturated carbocycles. The van der Waals surface area contributed by atoms with E-state index in [2.05, 4.69) is 65.8 Å². The number of rotatable bonds is 6. The third kappa shape index (κ3) is 3.68. The molecule has 0 fully saturated rings. The van der Waals surface area contributed by atoms with Crippen LogP contribution in [0.1, 0.15) is 29.8 Å². The van der Waals surface area contributed by atoms with Crippen molar-refractivity contribution in [2.24, 2.45) is 0 Å². The van der Waals surface area contributed by atoms with Crippen molar-refractivity contribution in [2.75, 3.05) is 0 Å². The Kier molecular flexibility index (Phi) is 4.85. The van der Waals surface area contributed by atoms with Gasteiger partial charge >= 0.3 is 0 Å². The van der Waals surface area contributed by atoms with Crippen molar-refractivity contribution in [2.45, 2.75) is 26.4 Å². The van der Waals surface area contributed by atoms with Gasteiger partial charge in [-0.25, -0.2) is 9.36 Å². The Balaban J connectivity index is 1.47. The van der Waals surface area contributed by atoms with E-state index in [1.165, 1.54) is 11.1 Å². The summed E-state index contributed by atoms with van der Waals surface area (Å²) >= 11 is 0. The Morgan fingerprint density at radius 3 is 2.56 bits per heavy atom. The van der Waals surface area contributed by atoms with Crippen LogP contribution in [0.3, 0.4) is 0 Å². The lowest BCUT2D eigenvalue weighted by atomic mass is 10.1. The molecule has 2 aromatic heterocycles. The second kappa shape index (κ2) is 7.60. The second-order valence-corrected chi connectivity index (χ2v) is 6.66. The summed E-state index contributed by atoms with van der Waals surface area (Å²) in [6, 6.07) is 20.8. The highest BCUT2D eigenvalue weighted by Crippen LogP contribution is 2.20. The van der Waals surface area contributed by atoms with E-state index in [-0.39, 0.29) is 6.04 Å². The van der Waals surface area contributed by atoms with Crippen molar-refractivity contribution in [3.8, 4) is 11.4 Å². The van der Waals surface area contributed by atoms with Crippen LogP contribution in [0, 0.1) is 6.92 Å². The molecular formula is C22H23N5. The molecule has 4 aromatic rings. The molecule has 136 valence electrons. The quantitative estimate of drug-likeness (QED) is 0.562. The molecule has 2 aromatic carbocycles. The first-order chi connectivity index (χ1) is 13.2. The average molecular weight is 357 g/mol. The first kappa shape index (κ1) is 17.2. The molecule has 4 rings (SSSR count). The van der Waals surface area contributed by atoms with Crippen molar-refractivity contribution in [1.29, 1.82) is 0 Å². The lowest BCUT2D eigenvalue weighted by molar-refractivity contribution is 0.571. The van der Waals surface area contributed by atoms with Gasteiger partial charge in [-0.15, -0.1) is 0 Å². The van der Waals surface area contributed by atoms with Crippen molar-refractivity contribution < 1.29 is 0 Å². The molecule has 1 unspecified atom stereocenters. The Bertz CT molecular complexity index is 1000. The van der Waals surface area contributed by atoms with Crippen molar-refractivity contribution in [1.82, 2.24) is 24.9 Å². The molecule has 27 heavy (non-hydrogen) atoms. The minimum Gasteiger partial charge on any atom is -0.306 e. The van der Waals surface area contributed by atoms with Crippen LogP contribution in [0.15, 0.2) is 79.3 Å². The van der Waals surface area contributed by atoms with Gasteiger partial charge in [0, 0.05) is 36.2 Å². The van der Waals surface area contributed by atoms with E-state index in [0.717, 1.165) is 23.6 Å². The van der Waals surface area contributed by atoms with Crippen molar-refractivity contribution in [3.05, 3.63) is 96.1 Å². The van der Waals surface area contributed by atoms with Gasteiger partial charge in [-0.05, 0) is 49.7 Å². The van der Waals surface area contributed by atoms with Crippen LogP contribution >= 0.6 is 0 Å². The highest BCUT2D eigenvalue weighted by molar-refractivity contribution is 5.36. The fourth-order valence-corrected chi connectivity index (χ4v) is 3.29. The molecule has 1 atom stereocenters. The monoisotopic (exact) mass is 357 g/mol. The van der Waals surface area contributed by atoms with Crippen molar-refractivity contribution in [3.63, 3.8) is 0 Å². The van der Waals surface area contributed by atoms with Crippen molar-refractivity contribution >= 4 is 0 Å². The van der Waals surface area contributed by atoms with Crippen LogP contribution in [0.25, 0.3) is 11.4 Å². The highest BCUT2D eigenvalue weighted by atomic mass is 15.3. The zero-order valence-corrected chi connectivity index (χ0v) is 15.6. The summed E-state index contributed by atoms with van der Waals surface area (Å²) in [4.78, 5) is 0. The topological polar surface area (TPSA) is 47.7 Å². The lowest BCUT2D eigenvalue weighted by Gasteiger charge is -2.15. The number of nitrogens with one attached hydrogen (secondary N) is 1. The standard InChI is InChI=1S/C22H23N5/c1-17(22-16-25-27(18(22)2)20-9-4-3-5-10-20)23-15-19-8-6-11-21(14-19)26-13-7-12-24-26/h3-14,16-17,23H,15H2,1-2H3. The third-order valence-corrected chi connectivity index (χ3v) is 4.81. The maximum Gasteiger partial charge on any atom is 0.0648 e. The van der Waals surface area contributed by atoms with Gasteiger partial charge in [-0.1, -0.05) is 30.3 Å². The zero-order chi connectivity index (χ0) is 18.6. The molecule has 5 heteroatoms. The Morgan fingerprint density at radius 2 is 1.78 bits per heavy atom. The van der Waals surface area contributed by atoms with E-state index in [1.54, 1.807) is 6.20 Å². The second-order valence-electron chi connectivity index (χ2n) is 6.66. The number of benzene rings is 2. The average Bonchev–Trinajstić information content (AvgIpc) is 3.37. The number of para-hydroxylation sites is 1. The number of hydrogen-bond donors (Lipinski definition) is 1. The summed E-state index contributed by atoms with van der Waals surface area (Å²) in [5, 5.41) is 12.5. The maximum atomic E-state index is 4.57. The fourth-order valence-electron chi connectivity index (χ4n) is 3.29. The van der Waals surface area contributed by atoms with Gasteiger partial charge in [0.1, 0.15) is 0 Å². The molecule has 2 heterocycles. The third-order valence-electron chi connectivity index (χ3n) is 4.81. The maximum absolute atomic E-state index is 4.57. The minimum absolute atomic E-state index is 0.204. The van der Waals surface area contributed by atoms with Gasteiger partial charge in [-0.2, -0.15) is 10.2 Å². The van der Waals surface area contributed by atoms with E-state index in [1.807, 2.05) is 46.0 Å². The molecule has 0 bridgehead atoms. The molecule has 0 radical (unpaired) electrons. The van der Waals surface area contributed by atoms with Gasteiger partial charge in [-0.3, -0.25) is 0 Å². The molecule has 0 amide bonds. The molecular weight excluding hydrogens is 334 g/mol. The molecule has 5 nitrogen and oxygen atoms in total. The van der Waals surface area contributed by atoms with E-state index in [9.17, 15) is 0 Å². The van der Waals surface area contributed by atoms with E-state index in [4.69, 9.17) is 0 Å².